The first kappa shape index (κ1) is 21.6. The van der Waals surface area contributed by atoms with Crippen LogP contribution < -0.4 is 10.9 Å². The molecule has 166 valence electrons. The minimum Gasteiger partial charge on any atom is -0.309 e. The third-order valence-corrected chi connectivity index (χ3v) is 4.95. The second-order valence-corrected chi connectivity index (χ2v) is 7.39. The Morgan fingerprint density at radius 2 is 2.00 bits per heavy atom. The molecular formula is C19H15ClF3N7O2. The summed E-state index contributed by atoms with van der Waals surface area (Å²) in [7, 11) is 1.63. The summed E-state index contributed by atoms with van der Waals surface area (Å²) < 4.78 is 43.1. The van der Waals surface area contributed by atoms with Crippen molar-refractivity contribution in [2.24, 2.45) is 7.05 Å². The Bertz CT molecular complexity index is 1400. The number of carbonyl (C=O) groups is 1. The van der Waals surface area contributed by atoms with Gasteiger partial charge in [-0.1, -0.05) is 11.6 Å². The molecule has 0 aliphatic rings. The molecule has 0 aliphatic carbocycles. The maximum atomic E-state index is 13.1. The number of anilines is 1. The Labute approximate surface area is 183 Å². The Morgan fingerprint density at radius 3 is 2.72 bits per heavy atom. The van der Waals surface area contributed by atoms with Gasteiger partial charge in [0.2, 0.25) is 5.91 Å². The van der Waals surface area contributed by atoms with Crippen LogP contribution in [0.15, 0.2) is 41.6 Å². The lowest BCUT2D eigenvalue weighted by atomic mass is 10.2. The van der Waals surface area contributed by atoms with E-state index in [-0.39, 0.29) is 28.5 Å². The van der Waals surface area contributed by atoms with E-state index in [1.807, 2.05) is 0 Å². The van der Waals surface area contributed by atoms with Crippen molar-refractivity contribution in [3.05, 3.63) is 63.4 Å². The average Bonchev–Trinajstić information content (AvgIpc) is 3.26. The van der Waals surface area contributed by atoms with Gasteiger partial charge in [-0.3, -0.25) is 18.8 Å². The number of carbonyl (C=O) groups excluding carboxylic acids is 1. The van der Waals surface area contributed by atoms with Crippen LogP contribution in [0.5, 0.6) is 0 Å². The van der Waals surface area contributed by atoms with Crippen LogP contribution in [0, 0.1) is 6.92 Å². The van der Waals surface area contributed by atoms with Crippen LogP contribution in [0.1, 0.15) is 11.3 Å². The number of rotatable bonds is 4. The van der Waals surface area contributed by atoms with Crippen molar-refractivity contribution in [1.29, 1.82) is 0 Å². The Morgan fingerprint density at radius 1 is 1.25 bits per heavy atom. The van der Waals surface area contributed by atoms with Gasteiger partial charge in [0.25, 0.3) is 5.56 Å². The minimum atomic E-state index is -4.58. The zero-order valence-corrected chi connectivity index (χ0v) is 17.4. The number of benzene rings is 1. The SMILES string of the molecule is Cc1cc(NC(=O)Cn2cnc3c(cnn3C)c2=O)n(-c2cc(C(F)(F)F)ccc2Cl)n1. The van der Waals surface area contributed by atoms with E-state index in [2.05, 4.69) is 20.5 Å². The van der Waals surface area contributed by atoms with Crippen molar-refractivity contribution >= 4 is 34.4 Å². The second kappa shape index (κ2) is 7.79. The van der Waals surface area contributed by atoms with Gasteiger partial charge in [-0.25, -0.2) is 9.67 Å². The second-order valence-electron chi connectivity index (χ2n) is 6.98. The van der Waals surface area contributed by atoms with Gasteiger partial charge in [0, 0.05) is 13.1 Å². The van der Waals surface area contributed by atoms with Crippen molar-refractivity contribution in [1.82, 2.24) is 29.1 Å². The number of aromatic nitrogens is 6. The van der Waals surface area contributed by atoms with Crippen molar-refractivity contribution in [2.45, 2.75) is 19.6 Å². The highest BCUT2D eigenvalue weighted by atomic mass is 35.5. The molecule has 32 heavy (non-hydrogen) atoms. The van der Waals surface area contributed by atoms with Crippen LogP contribution in [0.25, 0.3) is 16.7 Å². The third kappa shape index (κ3) is 3.96. The molecule has 0 saturated carbocycles. The number of aryl methyl sites for hydroxylation is 2. The molecule has 0 bridgehead atoms. The van der Waals surface area contributed by atoms with Gasteiger partial charge < -0.3 is 5.32 Å². The highest BCUT2D eigenvalue weighted by Crippen LogP contribution is 2.34. The van der Waals surface area contributed by atoms with E-state index in [0.717, 1.165) is 27.4 Å². The predicted molar refractivity (Wildman–Crippen MR) is 110 cm³/mol. The van der Waals surface area contributed by atoms with Gasteiger partial charge >= 0.3 is 6.18 Å². The zero-order chi connectivity index (χ0) is 23.2. The number of amides is 1. The molecule has 0 spiro atoms. The van der Waals surface area contributed by atoms with Crippen LogP contribution in [0.3, 0.4) is 0 Å². The summed E-state index contributed by atoms with van der Waals surface area (Å²) in [4.78, 5) is 29.3. The van der Waals surface area contributed by atoms with E-state index in [1.54, 1.807) is 14.0 Å². The molecule has 0 aliphatic heterocycles. The van der Waals surface area contributed by atoms with Crippen molar-refractivity contribution in [2.75, 3.05) is 5.32 Å². The van der Waals surface area contributed by atoms with Gasteiger partial charge in [-0.2, -0.15) is 23.4 Å². The molecule has 4 rings (SSSR count). The number of alkyl halides is 3. The van der Waals surface area contributed by atoms with E-state index in [4.69, 9.17) is 11.6 Å². The van der Waals surface area contributed by atoms with Crippen LogP contribution in [-0.2, 0) is 24.6 Å². The number of nitrogens with one attached hydrogen (secondary N) is 1. The normalized spacial score (nSPS) is 11.8. The number of nitrogens with zero attached hydrogens (tertiary/aromatic N) is 6. The largest absolute Gasteiger partial charge is 0.416 e. The lowest BCUT2D eigenvalue weighted by Gasteiger charge is -2.13. The fourth-order valence-electron chi connectivity index (χ4n) is 3.14. The average molecular weight is 466 g/mol. The fourth-order valence-corrected chi connectivity index (χ4v) is 3.34. The maximum absolute atomic E-state index is 13.1. The maximum Gasteiger partial charge on any atom is 0.416 e. The zero-order valence-electron chi connectivity index (χ0n) is 16.7. The fraction of sp³-hybridized carbons (Fsp3) is 0.211. The smallest absolute Gasteiger partial charge is 0.309 e. The molecule has 0 unspecified atom stereocenters. The highest BCUT2D eigenvalue weighted by molar-refractivity contribution is 6.32. The molecule has 3 heterocycles. The quantitative estimate of drug-likeness (QED) is 0.499. The molecule has 0 atom stereocenters. The van der Waals surface area contributed by atoms with Gasteiger partial charge in [-0.05, 0) is 25.1 Å². The van der Waals surface area contributed by atoms with Crippen molar-refractivity contribution < 1.29 is 18.0 Å². The number of hydrogen-bond donors (Lipinski definition) is 1. The lowest BCUT2D eigenvalue weighted by Crippen LogP contribution is -2.28. The third-order valence-electron chi connectivity index (χ3n) is 4.63. The van der Waals surface area contributed by atoms with E-state index < -0.39 is 23.2 Å². The van der Waals surface area contributed by atoms with Gasteiger partial charge in [-0.15, -0.1) is 0 Å². The standard InChI is InChI=1S/C19H15ClF3N7O2/c1-10-5-15(30(27-10)14-6-11(19(21,22)23)3-4-13(14)20)26-16(31)8-29-9-24-17-12(18(29)32)7-25-28(17)2/h3-7,9H,8H2,1-2H3,(H,26,31). The molecule has 1 amide bonds. The summed E-state index contributed by atoms with van der Waals surface area (Å²) in [5.74, 6) is -0.515. The number of hydrogen-bond acceptors (Lipinski definition) is 5. The van der Waals surface area contributed by atoms with Crippen LogP contribution in [0.4, 0.5) is 19.0 Å². The predicted octanol–water partition coefficient (Wildman–Crippen LogP) is 2.94. The molecule has 1 aromatic carbocycles. The first-order valence-electron chi connectivity index (χ1n) is 9.15. The van der Waals surface area contributed by atoms with Crippen LogP contribution in [-0.4, -0.2) is 35.0 Å². The molecule has 0 saturated heterocycles. The summed E-state index contributed by atoms with van der Waals surface area (Å²) in [5.41, 5.74) is -0.613. The summed E-state index contributed by atoms with van der Waals surface area (Å²) in [6.07, 6.45) is -2.00. The molecule has 4 aromatic rings. The van der Waals surface area contributed by atoms with E-state index >= 15 is 0 Å². The molecule has 9 nitrogen and oxygen atoms in total. The summed E-state index contributed by atoms with van der Waals surface area (Å²) in [6.45, 7) is 1.23. The lowest BCUT2D eigenvalue weighted by molar-refractivity contribution is -0.137. The first-order valence-corrected chi connectivity index (χ1v) is 9.53. The van der Waals surface area contributed by atoms with Gasteiger partial charge in [0.15, 0.2) is 5.65 Å². The molecular weight excluding hydrogens is 451 g/mol. The Hall–Kier alpha value is -3.67. The monoisotopic (exact) mass is 465 g/mol. The van der Waals surface area contributed by atoms with E-state index in [0.29, 0.717) is 11.3 Å². The van der Waals surface area contributed by atoms with E-state index in [1.165, 1.54) is 23.3 Å². The molecule has 0 fully saturated rings. The summed E-state index contributed by atoms with van der Waals surface area (Å²) in [5, 5.41) is 10.9. The summed E-state index contributed by atoms with van der Waals surface area (Å²) >= 11 is 6.10. The highest BCUT2D eigenvalue weighted by Gasteiger charge is 2.31. The molecule has 1 N–H and O–H groups in total. The van der Waals surface area contributed by atoms with E-state index in [9.17, 15) is 22.8 Å². The van der Waals surface area contributed by atoms with Crippen molar-refractivity contribution in [3.63, 3.8) is 0 Å². The van der Waals surface area contributed by atoms with Crippen LogP contribution >= 0.6 is 11.6 Å². The minimum absolute atomic E-state index is 0.0130. The van der Waals surface area contributed by atoms with Gasteiger partial charge in [0.05, 0.1) is 28.2 Å². The van der Waals surface area contributed by atoms with Crippen molar-refractivity contribution in [3.8, 4) is 5.69 Å². The summed E-state index contributed by atoms with van der Waals surface area (Å²) in [6, 6.07) is 4.28. The molecule has 13 heteroatoms. The topological polar surface area (TPSA) is 99.6 Å². The number of fused-ring (bicyclic) bond motifs is 1. The molecule has 3 aromatic heterocycles. The number of halogens is 4. The molecule has 0 radical (unpaired) electrons. The first-order chi connectivity index (χ1) is 15.0. The van der Waals surface area contributed by atoms with Crippen LogP contribution in [0.2, 0.25) is 5.02 Å². The Kier molecular flexibility index (Phi) is 5.25. The van der Waals surface area contributed by atoms with Gasteiger partial charge in [0.1, 0.15) is 24.1 Å². The Balaban J connectivity index is 1.64.